The lowest BCUT2D eigenvalue weighted by Crippen LogP contribution is -2.37. The summed E-state index contributed by atoms with van der Waals surface area (Å²) < 4.78 is 6.77. The van der Waals surface area contributed by atoms with Crippen molar-refractivity contribution in [3.05, 3.63) is 39.8 Å². The van der Waals surface area contributed by atoms with Crippen LogP contribution in [0.4, 0.5) is 0 Å². The fourth-order valence-corrected chi connectivity index (χ4v) is 6.18. The number of likely N-dealkylation sites (tertiary alicyclic amines) is 1. The molecule has 1 aromatic heterocycles. The first-order valence-electron chi connectivity index (χ1n) is 8.73. The molecule has 1 unspecified atom stereocenters. The molecule has 1 aliphatic carbocycles. The maximum atomic E-state index is 11.9. The number of hydrogen-bond donors (Lipinski definition) is 1. The SMILES string of the molecule is C[C@H]1C[C@@](O)(c2csc(SC3=CC=C4C(CC(=O)N4C)C3)c2)CCO1. The predicted octanol–water partition coefficient (Wildman–Crippen LogP) is 3.88. The van der Waals surface area contributed by atoms with Crippen molar-refractivity contribution in [2.45, 2.75) is 48.5 Å². The van der Waals surface area contributed by atoms with Crippen molar-refractivity contribution in [2.24, 2.45) is 5.92 Å². The third-order valence-corrected chi connectivity index (χ3v) is 7.52. The summed E-state index contributed by atoms with van der Waals surface area (Å²) in [7, 11) is 1.86. The number of fused-ring (bicyclic) bond motifs is 1. The van der Waals surface area contributed by atoms with Gasteiger partial charge in [-0.2, -0.15) is 0 Å². The molecule has 25 heavy (non-hydrogen) atoms. The molecule has 134 valence electrons. The van der Waals surface area contributed by atoms with Gasteiger partial charge in [-0.15, -0.1) is 11.3 Å². The van der Waals surface area contributed by atoms with Crippen molar-refractivity contribution in [1.29, 1.82) is 0 Å². The van der Waals surface area contributed by atoms with Gasteiger partial charge in [0.1, 0.15) is 0 Å². The minimum absolute atomic E-state index is 0.0938. The first-order valence-corrected chi connectivity index (χ1v) is 10.4. The van der Waals surface area contributed by atoms with Crippen LogP contribution in [-0.4, -0.2) is 35.7 Å². The fourth-order valence-electron chi connectivity index (χ4n) is 3.93. The molecule has 4 rings (SSSR count). The molecule has 0 spiro atoms. The number of hydrogen-bond acceptors (Lipinski definition) is 5. The minimum Gasteiger partial charge on any atom is -0.385 e. The van der Waals surface area contributed by atoms with Gasteiger partial charge in [-0.25, -0.2) is 0 Å². The van der Waals surface area contributed by atoms with Gasteiger partial charge in [0.15, 0.2) is 0 Å². The minimum atomic E-state index is -0.762. The van der Waals surface area contributed by atoms with Crippen molar-refractivity contribution in [2.75, 3.05) is 13.7 Å². The molecule has 2 fully saturated rings. The molecular weight excluding hydrogens is 354 g/mol. The van der Waals surface area contributed by atoms with Crippen LogP contribution < -0.4 is 0 Å². The number of rotatable bonds is 3. The number of carbonyl (C=O) groups is 1. The van der Waals surface area contributed by atoms with E-state index in [0.29, 0.717) is 31.8 Å². The lowest BCUT2D eigenvalue weighted by molar-refractivity contribution is -0.125. The van der Waals surface area contributed by atoms with Gasteiger partial charge in [-0.3, -0.25) is 4.79 Å². The molecule has 0 radical (unpaired) electrons. The predicted molar refractivity (Wildman–Crippen MR) is 100 cm³/mol. The van der Waals surface area contributed by atoms with Crippen LogP contribution in [0.1, 0.15) is 38.2 Å². The second kappa shape index (κ2) is 6.58. The number of amides is 1. The zero-order chi connectivity index (χ0) is 17.6. The van der Waals surface area contributed by atoms with Crippen molar-refractivity contribution < 1.29 is 14.6 Å². The maximum absolute atomic E-state index is 11.9. The Bertz CT molecular complexity index is 754. The molecule has 1 N–H and O–H groups in total. The van der Waals surface area contributed by atoms with Crippen LogP contribution >= 0.6 is 23.1 Å². The van der Waals surface area contributed by atoms with Crippen molar-refractivity contribution in [1.82, 2.24) is 4.90 Å². The lowest BCUT2D eigenvalue weighted by Gasteiger charge is -2.35. The van der Waals surface area contributed by atoms with E-state index in [1.807, 2.05) is 14.0 Å². The van der Waals surface area contributed by atoms with Gasteiger partial charge in [0, 0.05) is 37.9 Å². The molecule has 0 bridgehead atoms. The summed E-state index contributed by atoms with van der Waals surface area (Å²) >= 11 is 3.45. The normalized spacial score (nSPS) is 32.4. The Kier molecular flexibility index (Phi) is 4.56. The molecule has 3 heterocycles. The average Bonchev–Trinajstić information content (AvgIpc) is 3.13. The van der Waals surface area contributed by atoms with Crippen LogP contribution in [0.25, 0.3) is 0 Å². The zero-order valence-electron chi connectivity index (χ0n) is 14.5. The summed E-state index contributed by atoms with van der Waals surface area (Å²) in [5.41, 5.74) is 1.40. The Morgan fingerprint density at radius 2 is 2.24 bits per heavy atom. The first-order chi connectivity index (χ1) is 11.9. The highest BCUT2D eigenvalue weighted by atomic mass is 32.2. The molecule has 1 aromatic rings. The van der Waals surface area contributed by atoms with E-state index < -0.39 is 5.60 Å². The van der Waals surface area contributed by atoms with E-state index in [4.69, 9.17) is 4.74 Å². The number of aliphatic hydroxyl groups is 1. The number of ether oxygens (including phenoxy) is 1. The Balaban J connectivity index is 1.47. The third kappa shape index (κ3) is 3.33. The second-order valence-corrected chi connectivity index (χ2v) is 9.54. The van der Waals surface area contributed by atoms with E-state index in [2.05, 4.69) is 23.6 Å². The summed E-state index contributed by atoms with van der Waals surface area (Å²) in [6, 6.07) is 2.12. The molecule has 1 amide bonds. The third-order valence-electron chi connectivity index (χ3n) is 5.38. The standard InChI is InChI=1S/C19H23NO3S2/c1-12-10-19(22,5-6-23-12)14-9-18(24-11-14)25-15-3-4-16-13(7-15)8-17(21)20(16)2/h3-4,9,11-13,22H,5-8,10H2,1-2H3/t12-,13?,19+/m0/s1. The number of thioether (sulfide) groups is 1. The van der Waals surface area contributed by atoms with Gasteiger partial charge < -0.3 is 14.7 Å². The van der Waals surface area contributed by atoms with Gasteiger partial charge >= 0.3 is 0 Å². The average molecular weight is 378 g/mol. The Labute approximate surface area is 156 Å². The highest BCUT2D eigenvalue weighted by Crippen LogP contribution is 2.45. The maximum Gasteiger partial charge on any atom is 0.227 e. The molecule has 6 heteroatoms. The molecular formula is C19H23NO3S2. The van der Waals surface area contributed by atoms with Crippen LogP contribution in [0.15, 0.2) is 38.4 Å². The number of carbonyl (C=O) groups excluding carboxylic acids is 1. The Morgan fingerprint density at radius 1 is 1.40 bits per heavy atom. The van der Waals surface area contributed by atoms with Crippen LogP contribution in [0.5, 0.6) is 0 Å². The highest BCUT2D eigenvalue weighted by Gasteiger charge is 2.36. The van der Waals surface area contributed by atoms with Gasteiger partial charge in [0.25, 0.3) is 0 Å². The Hall–Kier alpha value is -1.08. The van der Waals surface area contributed by atoms with E-state index >= 15 is 0 Å². The zero-order valence-corrected chi connectivity index (χ0v) is 16.2. The van der Waals surface area contributed by atoms with Crippen LogP contribution in [0, 0.1) is 5.92 Å². The van der Waals surface area contributed by atoms with E-state index in [1.54, 1.807) is 28.0 Å². The van der Waals surface area contributed by atoms with Crippen LogP contribution in [0.2, 0.25) is 0 Å². The number of allylic oxidation sites excluding steroid dienone is 4. The monoisotopic (exact) mass is 377 g/mol. The van der Waals surface area contributed by atoms with Gasteiger partial charge in [0.2, 0.25) is 5.91 Å². The molecule has 3 atom stereocenters. The summed E-state index contributed by atoms with van der Waals surface area (Å²) in [6.45, 7) is 2.63. The van der Waals surface area contributed by atoms with Crippen molar-refractivity contribution in [3.8, 4) is 0 Å². The highest BCUT2D eigenvalue weighted by molar-refractivity contribution is 8.04. The molecule has 2 aliphatic heterocycles. The number of thiophene rings is 1. The summed E-state index contributed by atoms with van der Waals surface area (Å²) in [5, 5.41) is 13.0. The van der Waals surface area contributed by atoms with Crippen LogP contribution in [-0.2, 0) is 15.1 Å². The largest absolute Gasteiger partial charge is 0.385 e. The van der Waals surface area contributed by atoms with Crippen LogP contribution in [0.3, 0.4) is 0 Å². The molecule has 0 saturated carbocycles. The molecule has 4 nitrogen and oxygen atoms in total. The lowest BCUT2D eigenvalue weighted by atomic mass is 9.86. The van der Waals surface area contributed by atoms with E-state index in [-0.39, 0.29) is 12.0 Å². The summed E-state index contributed by atoms with van der Waals surface area (Å²) in [4.78, 5) is 14.9. The molecule has 3 aliphatic rings. The summed E-state index contributed by atoms with van der Waals surface area (Å²) in [6.07, 6.45) is 7.17. The molecule has 0 aromatic carbocycles. The van der Waals surface area contributed by atoms with E-state index in [9.17, 15) is 9.90 Å². The van der Waals surface area contributed by atoms with Crippen molar-refractivity contribution in [3.63, 3.8) is 0 Å². The Morgan fingerprint density at radius 3 is 3.04 bits per heavy atom. The van der Waals surface area contributed by atoms with E-state index in [0.717, 1.165) is 17.7 Å². The second-order valence-electron chi connectivity index (χ2n) is 7.21. The summed E-state index contributed by atoms with van der Waals surface area (Å²) in [5.74, 6) is 0.537. The topological polar surface area (TPSA) is 49.8 Å². The van der Waals surface area contributed by atoms with Gasteiger partial charge in [-0.05, 0) is 41.3 Å². The van der Waals surface area contributed by atoms with Gasteiger partial charge in [-0.1, -0.05) is 17.8 Å². The molecule has 2 saturated heterocycles. The number of nitrogens with zero attached hydrogens (tertiary/aromatic N) is 1. The quantitative estimate of drug-likeness (QED) is 0.869. The van der Waals surface area contributed by atoms with Gasteiger partial charge in [0.05, 0.1) is 22.5 Å². The first kappa shape index (κ1) is 17.3. The smallest absolute Gasteiger partial charge is 0.227 e. The van der Waals surface area contributed by atoms with E-state index in [1.165, 1.54) is 9.11 Å². The van der Waals surface area contributed by atoms with Crippen molar-refractivity contribution >= 4 is 29.0 Å². The fraction of sp³-hybridized carbons (Fsp3) is 0.526.